The molecular formula is C14H21F2NO. The van der Waals surface area contributed by atoms with Crippen molar-refractivity contribution in [2.75, 3.05) is 13.2 Å². The van der Waals surface area contributed by atoms with E-state index < -0.39 is 11.6 Å². The zero-order chi connectivity index (χ0) is 13.5. The van der Waals surface area contributed by atoms with E-state index in [4.69, 9.17) is 4.74 Å². The molecule has 0 bridgehead atoms. The van der Waals surface area contributed by atoms with Crippen molar-refractivity contribution >= 4 is 0 Å². The van der Waals surface area contributed by atoms with Gasteiger partial charge in [0.2, 0.25) is 0 Å². The van der Waals surface area contributed by atoms with Gasteiger partial charge in [-0.1, -0.05) is 19.1 Å². The highest BCUT2D eigenvalue weighted by molar-refractivity contribution is 5.23. The topological polar surface area (TPSA) is 21.3 Å². The molecule has 0 aromatic heterocycles. The number of nitrogens with one attached hydrogen (secondary N) is 1. The zero-order valence-electron chi connectivity index (χ0n) is 11.2. The molecule has 2 nitrogen and oxygen atoms in total. The molecule has 1 N–H and O–H groups in total. The molecular weight excluding hydrogens is 236 g/mol. The van der Waals surface area contributed by atoms with E-state index in [2.05, 4.69) is 5.32 Å². The molecule has 1 aromatic carbocycles. The van der Waals surface area contributed by atoms with Gasteiger partial charge in [-0.3, -0.25) is 0 Å². The highest BCUT2D eigenvalue weighted by Gasteiger charge is 2.23. The Morgan fingerprint density at radius 3 is 2.61 bits per heavy atom. The third-order valence-electron chi connectivity index (χ3n) is 2.83. The summed E-state index contributed by atoms with van der Waals surface area (Å²) in [6, 6.07) is 3.91. The molecule has 4 heteroatoms. The van der Waals surface area contributed by atoms with Crippen molar-refractivity contribution in [3.8, 4) is 0 Å². The lowest BCUT2D eigenvalue weighted by molar-refractivity contribution is 0.0461. The number of benzene rings is 1. The molecule has 1 aromatic rings. The van der Waals surface area contributed by atoms with Crippen LogP contribution in [0.15, 0.2) is 18.2 Å². The van der Waals surface area contributed by atoms with E-state index in [9.17, 15) is 8.78 Å². The fourth-order valence-electron chi connectivity index (χ4n) is 1.95. The maximum Gasteiger partial charge on any atom is 0.163 e. The van der Waals surface area contributed by atoms with Crippen LogP contribution in [0.2, 0.25) is 0 Å². The first-order valence-electron chi connectivity index (χ1n) is 6.40. The van der Waals surface area contributed by atoms with Crippen molar-refractivity contribution in [3.63, 3.8) is 0 Å². The van der Waals surface area contributed by atoms with Crippen molar-refractivity contribution in [1.82, 2.24) is 5.32 Å². The summed E-state index contributed by atoms with van der Waals surface area (Å²) in [5.74, 6) is -1.61. The molecule has 0 aliphatic heterocycles. The number of rotatable bonds is 7. The smallest absolute Gasteiger partial charge is 0.163 e. The summed E-state index contributed by atoms with van der Waals surface area (Å²) in [6.45, 7) is 7.05. The number of halogens is 2. The van der Waals surface area contributed by atoms with Gasteiger partial charge < -0.3 is 10.1 Å². The first kappa shape index (κ1) is 15.1. The second-order valence-corrected chi connectivity index (χ2v) is 4.24. The zero-order valence-corrected chi connectivity index (χ0v) is 11.2. The Morgan fingerprint density at radius 1 is 1.28 bits per heavy atom. The highest BCUT2D eigenvalue weighted by atomic mass is 19.2. The van der Waals surface area contributed by atoms with E-state index in [0.717, 1.165) is 19.0 Å². The third kappa shape index (κ3) is 3.75. The van der Waals surface area contributed by atoms with Gasteiger partial charge in [0.1, 0.15) is 0 Å². The van der Waals surface area contributed by atoms with Crippen molar-refractivity contribution in [2.24, 2.45) is 0 Å². The highest BCUT2D eigenvalue weighted by Crippen LogP contribution is 2.23. The van der Waals surface area contributed by atoms with Gasteiger partial charge in [0.15, 0.2) is 11.6 Å². The van der Waals surface area contributed by atoms with Gasteiger partial charge in [-0.2, -0.15) is 0 Å². The minimum atomic E-state index is -0.820. The first-order valence-corrected chi connectivity index (χ1v) is 6.40. The Kier molecular flexibility index (Phi) is 6.22. The van der Waals surface area contributed by atoms with Crippen molar-refractivity contribution in [2.45, 2.75) is 39.3 Å². The van der Waals surface area contributed by atoms with Crippen LogP contribution in [0.3, 0.4) is 0 Å². The molecule has 1 rings (SSSR count). The molecule has 0 radical (unpaired) electrons. The van der Waals surface area contributed by atoms with Crippen LogP contribution in [0.4, 0.5) is 8.78 Å². The monoisotopic (exact) mass is 257 g/mol. The van der Waals surface area contributed by atoms with Crippen LogP contribution in [0.5, 0.6) is 0 Å². The fourth-order valence-corrected chi connectivity index (χ4v) is 1.95. The Bertz CT molecular complexity index is 371. The molecule has 0 heterocycles. The summed E-state index contributed by atoms with van der Waals surface area (Å²) in [5.41, 5.74) is 0.324. The Labute approximate surface area is 107 Å². The van der Waals surface area contributed by atoms with Gasteiger partial charge in [-0.15, -0.1) is 0 Å². The number of hydrogen-bond acceptors (Lipinski definition) is 2. The molecule has 0 aliphatic carbocycles. The van der Waals surface area contributed by atoms with Gasteiger partial charge in [0.25, 0.3) is 0 Å². The number of hydrogen-bond donors (Lipinski definition) is 1. The van der Waals surface area contributed by atoms with Crippen LogP contribution >= 0.6 is 0 Å². The van der Waals surface area contributed by atoms with E-state index in [0.29, 0.717) is 12.2 Å². The predicted octanol–water partition coefficient (Wildman–Crippen LogP) is 3.43. The van der Waals surface area contributed by atoms with Gasteiger partial charge in [0, 0.05) is 12.2 Å². The minimum absolute atomic E-state index is 0.210. The SMILES string of the molecule is CCCNC(c1cccc(F)c1F)C(C)OCC. The molecule has 2 atom stereocenters. The minimum Gasteiger partial charge on any atom is -0.377 e. The first-order chi connectivity index (χ1) is 8.61. The maximum absolute atomic E-state index is 13.8. The van der Waals surface area contributed by atoms with Crippen LogP contribution in [0.25, 0.3) is 0 Å². The van der Waals surface area contributed by atoms with Crippen LogP contribution in [0.1, 0.15) is 38.8 Å². The van der Waals surface area contributed by atoms with Crippen LogP contribution in [-0.2, 0) is 4.74 Å². The Morgan fingerprint density at radius 2 is 2.00 bits per heavy atom. The van der Waals surface area contributed by atoms with Gasteiger partial charge in [-0.05, 0) is 32.9 Å². The maximum atomic E-state index is 13.8. The van der Waals surface area contributed by atoms with E-state index in [1.54, 1.807) is 6.07 Å². The summed E-state index contributed by atoms with van der Waals surface area (Å²) in [7, 11) is 0. The molecule has 0 aliphatic rings. The second kappa shape index (κ2) is 7.44. The van der Waals surface area contributed by atoms with Crippen LogP contribution in [0, 0.1) is 11.6 Å². The predicted molar refractivity (Wildman–Crippen MR) is 68.5 cm³/mol. The average Bonchev–Trinajstić information content (AvgIpc) is 2.35. The summed E-state index contributed by atoms with van der Waals surface area (Å²) < 4.78 is 32.6. The summed E-state index contributed by atoms with van der Waals surface area (Å²) in [6.07, 6.45) is 0.713. The normalized spacial score (nSPS) is 14.5. The summed E-state index contributed by atoms with van der Waals surface area (Å²) >= 11 is 0. The van der Waals surface area contributed by atoms with Gasteiger partial charge in [0.05, 0.1) is 12.1 Å². The molecule has 0 fully saturated rings. The molecule has 18 heavy (non-hydrogen) atoms. The van der Waals surface area contributed by atoms with E-state index in [1.807, 2.05) is 20.8 Å². The lowest BCUT2D eigenvalue weighted by atomic mass is 10.0. The third-order valence-corrected chi connectivity index (χ3v) is 2.83. The van der Waals surface area contributed by atoms with Crippen LogP contribution in [-0.4, -0.2) is 19.3 Å². The van der Waals surface area contributed by atoms with E-state index in [1.165, 1.54) is 6.07 Å². The molecule has 2 unspecified atom stereocenters. The number of ether oxygens (including phenoxy) is 1. The van der Waals surface area contributed by atoms with Crippen molar-refractivity contribution in [3.05, 3.63) is 35.4 Å². The Balaban J connectivity index is 2.97. The molecule has 102 valence electrons. The van der Waals surface area contributed by atoms with Gasteiger partial charge in [-0.25, -0.2) is 8.78 Å². The molecule has 0 spiro atoms. The lowest BCUT2D eigenvalue weighted by Gasteiger charge is -2.26. The average molecular weight is 257 g/mol. The van der Waals surface area contributed by atoms with E-state index in [-0.39, 0.29) is 12.1 Å². The summed E-state index contributed by atoms with van der Waals surface area (Å²) in [4.78, 5) is 0. The standard InChI is InChI=1S/C14H21F2NO/c1-4-9-17-14(10(3)18-5-2)11-7-6-8-12(15)13(11)16/h6-8,10,14,17H,4-5,9H2,1-3H3. The quantitative estimate of drug-likeness (QED) is 0.808. The van der Waals surface area contributed by atoms with Gasteiger partial charge >= 0.3 is 0 Å². The summed E-state index contributed by atoms with van der Waals surface area (Å²) in [5, 5.41) is 3.21. The largest absolute Gasteiger partial charge is 0.377 e. The Hall–Kier alpha value is -1.00. The fraction of sp³-hybridized carbons (Fsp3) is 0.571. The van der Waals surface area contributed by atoms with Crippen molar-refractivity contribution < 1.29 is 13.5 Å². The lowest BCUT2D eigenvalue weighted by Crippen LogP contribution is -2.33. The molecule has 0 saturated heterocycles. The molecule has 0 saturated carbocycles. The molecule has 0 amide bonds. The van der Waals surface area contributed by atoms with Crippen molar-refractivity contribution in [1.29, 1.82) is 0 Å². The second-order valence-electron chi connectivity index (χ2n) is 4.24. The van der Waals surface area contributed by atoms with E-state index >= 15 is 0 Å². The van der Waals surface area contributed by atoms with Crippen LogP contribution < -0.4 is 5.32 Å².